The highest BCUT2D eigenvalue weighted by atomic mass is 32.1. The molecule has 1 nitrogen and oxygen atoms in total. The van der Waals surface area contributed by atoms with Crippen LogP contribution in [0, 0.1) is 12.7 Å². The summed E-state index contributed by atoms with van der Waals surface area (Å²) < 4.78 is 15.1. The number of rotatable bonds is 2. The molecule has 3 heteroatoms. The van der Waals surface area contributed by atoms with Gasteiger partial charge in [0.2, 0.25) is 0 Å². The molecule has 0 radical (unpaired) electrons. The summed E-state index contributed by atoms with van der Waals surface area (Å²) in [4.78, 5) is 4.33. The second-order valence-electron chi connectivity index (χ2n) is 4.58. The Morgan fingerprint density at radius 3 is 2.74 bits per heavy atom. The molecule has 0 saturated heterocycles. The third-order valence-electron chi connectivity index (χ3n) is 3.25. The van der Waals surface area contributed by atoms with Crippen molar-refractivity contribution >= 4 is 21.6 Å². The van der Waals surface area contributed by atoms with E-state index in [1.165, 1.54) is 0 Å². The first-order valence-electron chi connectivity index (χ1n) is 6.34. The summed E-state index contributed by atoms with van der Waals surface area (Å²) in [6, 6.07) is 11.7. The minimum Gasteiger partial charge on any atom is -0.238 e. The van der Waals surface area contributed by atoms with Crippen molar-refractivity contribution in [1.29, 1.82) is 0 Å². The number of aromatic nitrogens is 1. The molecule has 2 aromatic carbocycles. The van der Waals surface area contributed by atoms with Gasteiger partial charge in [-0.1, -0.05) is 31.2 Å². The molecule has 0 fully saturated rings. The topological polar surface area (TPSA) is 12.9 Å². The molecule has 3 rings (SSSR count). The SMILES string of the molecule is CCc1nc2c(F)cc(-c3ccccc3C)cc2s1. The fraction of sp³-hybridized carbons (Fsp3) is 0.188. The van der Waals surface area contributed by atoms with Crippen molar-refractivity contribution in [3.63, 3.8) is 0 Å². The van der Waals surface area contributed by atoms with E-state index < -0.39 is 0 Å². The molecule has 0 bridgehead atoms. The molecular formula is C16H14FNS. The van der Waals surface area contributed by atoms with Crippen LogP contribution in [0.1, 0.15) is 17.5 Å². The van der Waals surface area contributed by atoms with Crippen molar-refractivity contribution in [3.05, 3.63) is 52.8 Å². The van der Waals surface area contributed by atoms with Crippen LogP contribution in [0.15, 0.2) is 36.4 Å². The minimum absolute atomic E-state index is 0.230. The molecule has 96 valence electrons. The van der Waals surface area contributed by atoms with E-state index in [-0.39, 0.29) is 5.82 Å². The first-order valence-corrected chi connectivity index (χ1v) is 7.15. The molecule has 0 amide bonds. The molecule has 0 N–H and O–H groups in total. The van der Waals surface area contributed by atoms with Gasteiger partial charge in [0.1, 0.15) is 5.52 Å². The third-order valence-corrected chi connectivity index (χ3v) is 4.40. The zero-order valence-corrected chi connectivity index (χ0v) is 11.7. The average Bonchev–Trinajstić information content (AvgIpc) is 2.83. The predicted octanol–water partition coefficient (Wildman–Crippen LogP) is 4.97. The smallest absolute Gasteiger partial charge is 0.150 e. The number of fused-ring (bicyclic) bond motifs is 1. The zero-order valence-electron chi connectivity index (χ0n) is 10.9. The van der Waals surface area contributed by atoms with Crippen molar-refractivity contribution < 1.29 is 4.39 Å². The Morgan fingerprint density at radius 2 is 2.00 bits per heavy atom. The standard InChI is InChI=1S/C16H14FNS/c1-3-15-18-16-13(17)8-11(9-14(16)19-15)12-7-5-4-6-10(12)2/h4-9H,3H2,1-2H3. The van der Waals surface area contributed by atoms with E-state index in [1.807, 2.05) is 44.2 Å². The number of hydrogen-bond donors (Lipinski definition) is 0. The van der Waals surface area contributed by atoms with Gasteiger partial charge in [-0.2, -0.15) is 0 Å². The fourth-order valence-electron chi connectivity index (χ4n) is 2.24. The highest BCUT2D eigenvalue weighted by Gasteiger charge is 2.11. The maximum absolute atomic E-state index is 14.2. The van der Waals surface area contributed by atoms with Gasteiger partial charge in [0.15, 0.2) is 5.82 Å². The molecule has 0 atom stereocenters. The van der Waals surface area contributed by atoms with Gasteiger partial charge in [-0.3, -0.25) is 0 Å². The van der Waals surface area contributed by atoms with Crippen molar-refractivity contribution in [2.75, 3.05) is 0 Å². The molecule has 3 aromatic rings. The number of hydrogen-bond acceptors (Lipinski definition) is 2. The second-order valence-corrected chi connectivity index (χ2v) is 5.70. The van der Waals surface area contributed by atoms with Gasteiger partial charge in [-0.15, -0.1) is 11.3 Å². The quantitative estimate of drug-likeness (QED) is 0.641. The maximum atomic E-state index is 14.2. The summed E-state index contributed by atoms with van der Waals surface area (Å²) in [7, 11) is 0. The largest absolute Gasteiger partial charge is 0.238 e. The van der Waals surface area contributed by atoms with E-state index in [9.17, 15) is 4.39 Å². The summed E-state index contributed by atoms with van der Waals surface area (Å²) in [6.07, 6.45) is 0.846. The van der Waals surface area contributed by atoms with Crippen LogP contribution in [0.4, 0.5) is 4.39 Å². The molecule has 19 heavy (non-hydrogen) atoms. The number of aryl methyl sites for hydroxylation is 2. The Hall–Kier alpha value is -1.74. The summed E-state index contributed by atoms with van der Waals surface area (Å²) >= 11 is 1.58. The van der Waals surface area contributed by atoms with E-state index in [0.717, 1.165) is 32.8 Å². The first kappa shape index (κ1) is 12.3. The van der Waals surface area contributed by atoms with Crippen molar-refractivity contribution in [2.45, 2.75) is 20.3 Å². The lowest BCUT2D eigenvalue weighted by Gasteiger charge is -2.06. The normalized spacial score (nSPS) is 11.1. The second kappa shape index (κ2) is 4.74. The number of benzene rings is 2. The maximum Gasteiger partial charge on any atom is 0.150 e. The Bertz CT molecular complexity index is 746. The zero-order chi connectivity index (χ0) is 13.4. The van der Waals surface area contributed by atoms with Crippen LogP contribution in [0.25, 0.3) is 21.3 Å². The van der Waals surface area contributed by atoms with Crippen LogP contribution >= 0.6 is 11.3 Å². The van der Waals surface area contributed by atoms with Gasteiger partial charge in [-0.05, 0) is 42.2 Å². The summed E-state index contributed by atoms with van der Waals surface area (Å²) in [5, 5.41) is 0.982. The first-order chi connectivity index (χ1) is 9.19. The van der Waals surface area contributed by atoms with E-state index in [4.69, 9.17) is 0 Å². The number of halogens is 1. The van der Waals surface area contributed by atoms with Crippen LogP contribution in [-0.2, 0) is 6.42 Å². The van der Waals surface area contributed by atoms with Crippen molar-refractivity contribution in [2.24, 2.45) is 0 Å². The van der Waals surface area contributed by atoms with Crippen LogP contribution in [0.5, 0.6) is 0 Å². The van der Waals surface area contributed by atoms with E-state index in [2.05, 4.69) is 4.98 Å². The van der Waals surface area contributed by atoms with Crippen LogP contribution in [-0.4, -0.2) is 4.98 Å². The Labute approximate surface area is 115 Å². The van der Waals surface area contributed by atoms with E-state index in [1.54, 1.807) is 17.4 Å². The highest BCUT2D eigenvalue weighted by molar-refractivity contribution is 7.18. The van der Waals surface area contributed by atoms with Crippen LogP contribution < -0.4 is 0 Å². The Kier molecular flexibility index (Phi) is 3.07. The van der Waals surface area contributed by atoms with Crippen LogP contribution in [0.2, 0.25) is 0 Å². The average molecular weight is 271 g/mol. The van der Waals surface area contributed by atoms with Gasteiger partial charge in [-0.25, -0.2) is 9.37 Å². The molecule has 0 saturated carbocycles. The van der Waals surface area contributed by atoms with Gasteiger partial charge in [0, 0.05) is 0 Å². The monoisotopic (exact) mass is 271 g/mol. The highest BCUT2D eigenvalue weighted by Crippen LogP contribution is 2.31. The predicted molar refractivity (Wildman–Crippen MR) is 79.1 cm³/mol. The van der Waals surface area contributed by atoms with Crippen LogP contribution in [0.3, 0.4) is 0 Å². The van der Waals surface area contributed by atoms with Gasteiger partial charge in [0.05, 0.1) is 9.71 Å². The summed E-state index contributed by atoms with van der Waals surface area (Å²) in [6.45, 7) is 4.08. The molecule has 0 aliphatic heterocycles. The number of thiazole rings is 1. The van der Waals surface area contributed by atoms with Gasteiger partial charge < -0.3 is 0 Å². The lowest BCUT2D eigenvalue weighted by molar-refractivity contribution is 0.637. The molecular weight excluding hydrogens is 257 g/mol. The molecule has 0 aliphatic rings. The molecule has 1 heterocycles. The Balaban J connectivity index is 2.23. The molecule has 1 aromatic heterocycles. The number of nitrogens with zero attached hydrogens (tertiary/aromatic N) is 1. The van der Waals surface area contributed by atoms with Crippen molar-refractivity contribution in [1.82, 2.24) is 4.98 Å². The lowest BCUT2D eigenvalue weighted by atomic mass is 10.0. The van der Waals surface area contributed by atoms with E-state index >= 15 is 0 Å². The Morgan fingerprint density at radius 1 is 1.21 bits per heavy atom. The third kappa shape index (κ3) is 2.15. The van der Waals surface area contributed by atoms with Crippen molar-refractivity contribution in [3.8, 4) is 11.1 Å². The minimum atomic E-state index is -0.230. The van der Waals surface area contributed by atoms with Gasteiger partial charge in [0.25, 0.3) is 0 Å². The fourth-order valence-corrected chi connectivity index (χ4v) is 3.20. The molecule has 0 aliphatic carbocycles. The molecule has 0 spiro atoms. The van der Waals surface area contributed by atoms with Gasteiger partial charge >= 0.3 is 0 Å². The molecule has 0 unspecified atom stereocenters. The van der Waals surface area contributed by atoms with E-state index in [0.29, 0.717) is 5.52 Å². The summed E-state index contributed by atoms with van der Waals surface area (Å²) in [5.41, 5.74) is 3.66. The summed E-state index contributed by atoms with van der Waals surface area (Å²) in [5.74, 6) is -0.230. The lowest BCUT2D eigenvalue weighted by Crippen LogP contribution is -1.85.